The van der Waals surface area contributed by atoms with Gasteiger partial charge in [-0.05, 0) is 47.5 Å². The van der Waals surface area contributed by atoms with Crippen LogP contribution in [0.4, 0.5) is 0 Å². The van der Waals surface area contributed by atoms with Crippen molar-refractivity contribution < 1.29 is 59.6 Å². The average molecular weight is 516 g/mol. The molecule has 0 heterocycles. The second kappa shape index (κ2) is 11.0. The van der Waals surface area contributed by atoms with Crippen LogP contribution in [0.15, 0.2) is 48.6 Å². The molecule has 0 aliphatic heterocycles. The zero-order valence-electron chi connectivity index (χ0n) is 19.1. The molecule has 0 saturated heterocycles. The van der Waals surface area contributed by atoms with E-state index < -0.39 is 66.2 Å². The van der Waals surface area contributed by atoms with Gasteiger partial charge in [-0.3, -0.25) is 0 Å². The van der Waals surface area contributed by atoms with Crippen molar-refractivity contribution in [2.45, 2.75) is 36.8 Å². The molecule has 37 heavy (non-hydrogen) atoms. The number of esters is 2. The molecule has 0 unspecified atom stereocenters. The van der Waals surface area contributed by atoms with Gasteiger partial charge in [0.2, 0.25) is 5.60 Å². The minimum absolute atomic E-state index is 0.268. The van der Waals surface area contributed by atoms with Gasteiger partial charge in [0.25, 0.3) is 0 Å². The van der Waals surface area contributed by atoms with Crippen molar-refractivity contribution in [2.75, 3.05) is 0 Å². The molecule has 1 aliphatic carbocycles. The molecule has 1 saturated carbocycles. The lowest BCUT2D eigenvalue weighted by molar-refractivity contribution is -0.217. The van der Waals surface area contributed by atoms with Gasteiger partial charge in [0.05, 0.1) is 12.2 Å². The van der Waals surface area contributed by atoms with Gasteiger partial charge in [0.15, 0.2) is 29.1 Å². The number of carboxylic acid groups (broad SMARTS) is 1. The van der Waals surface area contributed by atoms with Gasteiger partial charge in [0.1, 0.15) is 0 Å². The summed E-state index contributed by atoms with van der Waals surface area (Å²) in [4.78, 5) is 37.2. The molecule has 0 aromatic heterocycles. The number of aliphatic hydroxyl groups is 2. The SMILES string of the molecule is O=C(/C=C/c1ccc(O)c(O)c1)O[C@H]1C[C@@H](O)[C@H](O)C[C@]1(OC(=O)/C=C/c1ccc(O)c(O)c1)C(=O)O. The fourth-order valence-electron chi connectivity index (χ4n) is 3.67. The number of carbonyl (C=O) groups is 3. The maximum absolute atomic E-state index is 12.5. The van der Waals surface area contributed by atoms with Gasteiger partial charge in [-0.2, -0.15) is 0 Å². The highest BCUT2D eigenvalue weighted by Gasteiger charge is 2.57. The number of aliphatic hydroxyl groups excluding tert-OH is 2. The fraction of sp³-hybridized carbons (Fsp3) is 0.240. The van der Waals surface area contributed by atoms with Gasteiger partial charge in [-0.15, -0.1) is 0 Å². The highest BCUT2D eigenvalue weighted by Crippen LogP contribution is 2.36. The Morgan fingerprint density at radius 3 is 1.78 bits per heavy atom. The summed E-state index contributed by atoms with van der Waals surface area (Å²) in [5.41, 5.74) is -1.98. The summed E-state index contributed by atoms with van der Waals surface area (Å²) < 4.78 is 10.4. The largest absolute Gasteiger partial charge is 0.504 e. The standard InChI is InChI=1S/C25H24O12/c26-15-5-1-13(9-17(15)28)3-7-22(32)36-21-11-19(30)20(31)12-25(21,24(34)35)37-23(33)8-4-14-2-6-16(27)18(29)10-14/h1-10,19-21,26-31H,11-12H2,(H,34,35)/b7-3+,8-4+/t19-,20-,21+,25-/m1/s1. The predicted molar refractivity (Wildman–Crippen MR) is 125 cm³/mol. The molecule has 0 spiro atoms. The first kappa shape index (κ1) is 27.0. The summed E-state index contributed by atoms with van der Waals surface area (Å²) in [6, 6.07) is 7.38. The first-order valence-corrected chi connectivity index (χ1v) is 10.8. The van der Waals surface area contributed by atoms with Crippen molar-refractivity contribution >= 4 is 30.1 Å². The fourth-order valence-corrected chi connectivity index (χ4v) is 3.67. The summed E-state index contributed by atoms with van der Waals surface area (Å²) in [5, 5.41) is 67.9. The Labute approximate surface area is 209 Å². The van der Waals surface area contributed by atoms with Crippen molar-refractivity contribution in [1.82, 2.24) is 0 Å². The third-order valence-corrected chi connectivity index (χ3v) is 5.66. The molecule has 0 amide bonds. The highest BCUT2D eigenvalue weighted by atomic mass is 16.6. The molecule has 0 radical (unpaired) electrons. The van der Waals surface area contributed by atoms with Gasteiger partial charge < -0.3 is 45.2 Å². The van der Waals surface area contributed by atoms with E-state index in [1.165, 1.54) is 36.4 Å². The number of rotatable bonds is 7. The predicted octanol–water partition coefficient (Wildman–Crippen LogP) is 1.03. The smallest absolute Gasteiger partial charge is 0.352 e. The molecule has 2 aromatic carbocycles. The summed E-state index contributed by atoms with van der Waals surface area (Å²) in [5.74, 6) is -5.64. The van der Waals surface area contributed by atoms with Crippen molar-refractivity contribution in [3.8, 4) is 23.0 Å². The van der Waals surface area contributed by atoms with Crippen LogP contribution in [-0.4, -0.2) is 77.6 Å². The molecule has 196 valence electrons. The molecule has 4 atom stereocenters. The van der Waals surface area contributed by atoms with Crippen molar-refractivity contribution in [3.63, 3.8) is 0 Å². The van der Waals surface area contributed by atoms with Gasteiger partial charge in [-0.1, -0.05) is 12.1 Å². The third kappa shape index (κ3) is 6.37. The second-order valence-electron chi connectivity index (χ2n) is 8.28. The molecule has 0 bridgehead atoms. The van der Waals surface area contributed by atoms with Crippen LogP contribution in [0.2, 0.25) is 0 Å². The number of phenolic OH excluding ortho intramolecular Hbond substituents is 4. The lowest BCUT2D eigenvalue weighted by Gasteiger charge is -2.42. The number of carboxylic acids is 1. The summed E-state index contributed by atoms with van der Waals surface area (Å²) in [7, 11) is 0. The van der Waals surface area contributed by atoms with E-state index in [0.717, 1.165) is 24.3 Å². The van der Waals surface area contributed by atoms with Gasteiger partial charge in [-0.25, -0.2) is 14.4 Å². The van der Waals surface area contributed by atoms with Crippen molar-refractivity contribution in [2.24, 2.45) is 0 Å². The maximum atomic E-state index is 12.5. The van der Waals surface area contributed by atoms with Crippen LogP contribution >= 0.6 is 0 Å². The van der Waals surface area contributed by atoms with Crippen LogP contribution in [0.5, 0.6) is 23.0 Å². The van der Waals surface area contributed by atoms with Crippen LogP contribution in [0.25, 0.3) is 12.2 Å². The third-order valence-electron chi connectivity index (χ3n) is 5.66. The highest BCUT2D eigenvalue weighted by molar-refractivity contribution is 5.92. The van der Waals surface area contributed by atoms with Gasteiger partial charge in [0, 0.05) is 25.0 Å². The van der Waals surface area contributed by atoms with Crippen LogP contribution < -0.4 is 0 Å². The van der Waals surface area contributed by atoms with Crippen LogP contribution in [0.1, 0.15) is 24.0 Å². The van der Waals surface area contributed by atoms with E-state index in [1.54, 1.807) is 0 Å². The number of ether oxygens (including phenoxy) is 2. The molecule has 12 nitrogen and oxygen atoms in total. The second-order valence-corrected chi connectivity index (χ2v) is 8.28. The first-order chi connectivity index (χ1) is 17.4. The molecule has 3 rings (SSSR count). The number of hydrogen-bond donors (Lipinski definition) is 7. The number of carbonyl (C=O) groups excluding carboxylic acids is 2. The summed E-state index contributed by atoms with van der Waals surface area (Å²) in [6.07, 6.45) is -2.00. The lowest BCUT2D eigenvalue weighted by atomic mass is 9.78. The van der Waals surface area contributed by atoms with Crippen LogP contribution in [0.3, 0.4) is 0 Å². The van der Waals surface area contributed by atoms with E-state index in [4.69, 9.17) is 9.47 Å². The quantitative estimate of drug-likeness (QED) is 0.156. The number of phenols is 4. The van der Waals surface area contributed by atoms with Crippen molar-refractivity contribution in [3.05, 3.63) is 59.7 Å². The molecule has 1 aliphatic rings. The van der Waals surface area contributed by atoms with Crippen LogP contribution in [-0.2, 0) is 23.9 Å². The first-order valence-electron chi connectivity index (χ1n) is 10.8. The maximum Gasteiger partial charge on any atom is 0.352 e. The average Bonchev–Trinajstić information content (AvgIpc) is 2.83. The van der Waals surface area contributed by atoms with E-state index in [9.17, 15) is 50.1 Å². The Morgan fingerprint density at radius 2 is 1.30 bits per heavy atom. The van der Waals surface area contributed by atoms with E-state index in [2.05, 4.69) is 0 Å². The van der Waals surface area contributed by atoms with E-state index in [1.807, 2.05) is 0 Å². The molecular weight excluding hydrogens is 492 g/mol. The number of hydrogen-bond acceptors (Lipinski definition) is 11. The summed E-state index contributed by atoms with van der Waals surface area (Å²) in [6.45, 7) is 0. The topological polar surface area (TPSA) is 211 Å². The van der Waals surface area contributed by atoms with Gasteiger partial charge >= 0.3 is 17.9 Å². The molecule has 12 heteroatoms. The Balaban J connectivity index is 1.81. The monoisotopic (exact) mass is 516 g/mol. The normalized spacial score (nSPS) is 23.7. The number of benzene rings is 2. The Kier molecular flexibility index (Phi) is 8.05. The summed E-state index contributed by atoms with van der Waals surface area (Å²) >= 11 is 0. The molecule has 2 aromatic rings. The van der Waals surface area contributed by atoms with E-state index in [0.29, 0.717) is 5.56 Å². The van der Waals surface area contributed by atoms with Crippen molar-refractivity contribution in [1.29, 1.82) is 0 Å². The van der Waals surface area contributed by atoms with Crippen LogP contribution in [0, 0.1) is 0 Å². The molecular formula is C25H24O12. The zero-order chi connectivity index (χ0) is 27.3. The Morgan fingerprint density at radius 1 is 0.784 bits per heavy atom. The van der Waals surface area contributed by atoms with E-state index >= 15 is 0 Å². The Hall–Kier alpha value is -4.55. The lowest BCUT2D eigenvalue weighted by Crippen LogP contribution is -2.62. The molecule has 1 fully saturated rings. The Bertz CT molecular complexity index is 1250. The number of aliphatic carboxylic acids is 1. The number of aromatic hydroxyl groups is 4. The minimum atomic E-state index is -2.54. The minimum Gasteiger partial charge on any atom is -0.504 e. The zero-order valence-corrected chi connectivity index (χ0v) is 19.1. The van der Waals surface area contributed by atoms with E-state index in [-0.39, 0.29) is 17.1 Å². The molecule has 7 N–H and O–H groups in total.